The van der Waals surface area contributed by atoms with Crippen molar-refractivity contribution in [2.24, 2.45) is 0 Å². The Balaban J connectivity index is 1.99. The molecule has 1 aromatic carbocycles. The first-order valence-corrected chi connectivity index (χ1v) is 6.45. The lowest BCUT2D eigenvalue weighted by Crippen LogP contribution is -2.09. The largest absolute Gasteiger partial charge is 0.497 e. The molecule has 0 bridgehead atoms. The fourth-order valence-electron chi connectivity index (χ4n) is 1.77. The van der Waals surface area contributed by atoms with Gasteiger partial charge in [0.1, 0.15) is 23.0 Å². The topological polar surface area (TPSA) is 64.1 Å². The highest BCUT2D eigenvalue weighted by molar-refractivity contribution is 6.32. The lowest BCUT2D eigenvalue weighted by molar-refractivity contribution is 0.112. The molecule has 0 atom stereocenters. The quantitative estimate of drug-likeness (QED) is 0.655. The van der Waals surface area contributed by atoms with Crippen molar-refractivity contribution in [2.45, 2.75) is 6.42 Å². The molecule has 1 aromatic heterocycles. The Labute approximate surface area is 122 Å². The second-order valence-corrected chi connectivity index (χ2v) is 4.43. The number of ether oxygens (including phenoxy) is 1. The molecule has 0 aliphatic carbocycles. The molecule has 2 rings (SSSR count). The zero-order chi connectivity index (χ0) is 14.4. The van der Waals surface area contributed by atoms with Gasteiger partial charge in [-0.05, 0) is 24.1 Å². The van der Waals surface area contributed by atoms with Crippen LogP contribution in [0.15, 0.2) is 30.6 Å². The molecule has 0 saturated heterocycles. The highest BCUT2D eigenvalue weighted by atomic mass is 35.5. The number of carbonyl (C=O) groups is 1. The number of aldehydes is 1. The first kappa shape index (κ1) is 14.3. The second-order valence-electron chi connectivity index (χ2n) is 4.07. The number of anilines is 1. The number of aromatic nitrogens is 2. The van der Waals surface area contributed by atoms with Gasteiger partial charge in [-0.25, -0.2) is 9.97 Å². The summed E-state index contributed by atoms with van der Waals surface area (Å²) in [7, 11) is 1.64. The lowest BCUT2D eigenvalue weighted by atomic mass is 10.1. The number of carbonyl (C=O) groups excluding carboxylic acids is 1. The average molecular weight is 292 g/mol. The van der Waals surface area contributed by atoms with Gasteiger partial charge in [0.25, 0.3) is 0 Å². The summed E-state index contributed by atoms with van der Waals surface area (Å²) >= 11 is 5.83. The van der Waals surface area contributed by atoms with Crippen LogP contribution in [0.3, 0.4) is 0 Å². The summed E-state index contributed by atoms with van der Waals surface area (Å²) in [6.45, 7) is 0.626. The lowest BCUT2D eigenvalue weighted by Gasteiger charge is -2.08. The highest BCUT2D eigenvalue weighted by Gasteiger charge is 2.08. The predicted molar refractivity (Wildman–Crippen MR) is 77.6 cm³/mol. The Morgan fingerprint density at radius 3 is 3.00 bits per heavy atom. The number of halogens is 1. The minimum absolute atomic E-state index is 0.152. The first-order chi connectivity index (χ1) is 9.74. The van der Waals surface area contributed by atoms with Gasteiger partial charge in [-0.1, -0.05) is 23.7 Å². The molecule has 0 aliphatic rings. The summed E-state index contributed by atoms with van der Waals surface area (Å²) in [6, 6.07) is 7.81. The Morgan fingerprint density at radius 2 is 2.25 bits per heavy atom. The molecular weight excluding hydrogens is 278 g/mol. The van der Waals surface area contributed by atoms with Crippen LogP contribution < -0.4 is 10.1 Å². The second kappa shape index (κ2) is 6.86. The van der Waals surface area contributed by atoms with Gasteiger partial charge in [-0.2, -0.15) is 0 Å². The molecule has 1 heterocycles. The van der Waals surface area contributed by atoms with Crippen molar-refractivity contribution in [3.05, 3.63) is 46.9 Å². The van der Waals surface area contributed by atoms with Gasteiger partial charge >= 0.3 is 0 Å². The molecule has 1 N–H and O–H groups in total. The number of benzene rings is 1. The minimum atomic E-state index is 0.152. The van der Waals surface area contributed by atoms with E-state index in [1.807, 2.05) is 24.3 Å². The van der Waals surface area contributed by atoms with E-state index in [4.69, 9.17) is 16.3 Å². The van der Waals surface area contributed by atoms with Crippen LogP contribution in [-0.2, 0) is 6.42 Å². The van der Waals surface area contributed by atoms with Crippen LogP contribution in [0.25, 0.3) is 0 Å². The van der Waals surface area contributed by atoms with E-state index in [1.165, 1.54) is 6.33 Å². The number of hydrogen-bond acceptors (Lipinski definition) is 5. The summed E-state index contributed by atoms with van der Waals surface area (Å²) in [5.74, 6) is 1.27. The zero-order valence-corrected chi connectivity index (χ0v) is 11.7. The van der Waals surface area contributed by atoms with E-state index in [2.05, 4.69) is 15.3 Å². The third-order valence-electron chi connectivity index (χ3n) is 2.79. The van der Waals surface area contributed by atoms with Crippen LogP contribution in [0, 0.1) is 0 Å². The summed E-state index contributed by atoms with van der Waals surface area (Å²) in [4.78, 5) is 18.7. The Bertz CT molecular complexity index is 605. The molecule has 20 heavy (non-hydrogen) atoms. The summed E-state index contributed by atoms with van der Waals surface area (Å²) in [5.41, 5.74) is 1.41. The van der Waals surface area contributed by atoms with Crippen molar-refractivity contribution >= 4 is 23.7 Å². The maximum Gasteiger partial charge on any atom is 0.156 e. The van der Waals surface area contributed by atoms with Crippen molar-refractivity contribution in [3.63, 3.8) is 0 Å². The maximum absolute atomic E-state index is 10.9. The molecule has 0 amide bonds. The molecule has 0 saturated carbocycles. The van der Waals surface area contributed by atoms with Crippen LogP contribution in [0.4, 0.5) is 5.82 Å². The van der Waals surface area contributed by atoms with Gasteiger partial charge in [0, 0.05) is 6.54 Å². The predicted octanol–water partition coefficient (Wildman–Crippen LogP) is 2.61. The van der Waals surface area contributed by atoms with Crippen LogP contribution in [-0.4, -0.2) is 29.9 Å². The molecule has 0 aliphatic heterocycles. The number of nitrogens with one attached hydrogen (secondary N) is 1. The van der Waals surface area contributed by atoms with E-state index < -0.39 is 0 Å². The minimum Gasteiger partial charge on any atom is -0.497 e. The monoisotopic (exact) mass is 291 g/mol. The maximum atomic E-state index is 10.9. The third-order valence-corrected chi connectivity index (χ3v) is 3.09. The Kier molecular flexibility index (Phi) is 4.90. The SMILES string of the molecule is COc1cccc(CCNc2ncnc(Cl)c2C=O)c1. The van der Waals surface area contributed by atoms with Gasteiger partial charge in [0.2, 0.25) is 0 Å². The molecular formula is C14H14ClN3O2. The number of nitrogens with zero attached hydrogens (tertiary/aromatic N) is 2. The van der Waals surface area contributed by atoms with E-state index in [0.29, 0.717) is 18.6 Å². The van der Waals surface area contributed by atoms with Crippen LogP contribution in [0.1, 0.15) is 15.9 Å². The van der Waals surface area contributed by atoms with Crippen molar-refractivity contribution in [2.75, 3.05) is 19.0 Å². The zero-order valence-electron chi connectivity index (χ0n) is 11.0. The van der Waals surface area contributed by atoms with Crippen molar-refractivity contribution < 1.29 is 9.53 Å². The van der Waals surface area contributed by atoms with Crippen LogP contribution in [0.5, 0.6) is 5.75 Å². The molecule has 5 nitrogen and oxygen atoms in total. The number of methoxy groups -OCH3 is 1. The van der Waals surface area contributed by atoms with E-state index in [9.17, 15) is 4.79 Å². The number of rotatable bonds is 6. The van der Waals surface area contributed by atoms with E-state index in [-0.39, 0.29) is 10.7 Å². The molecule has 2 aromatic rings. The van der Waals surface area contributed by atoms with E-state index in [1.54, 1.807) is 7.11 Å². The third kappa shape index (κ3) is 3.45. The highest BCUT2D eigenvalue weighted by Crippen LogP contribution is 2.17. The van der Waals surface area contributed by atoms with Crippen LogP contribution in [0.2, 0.25) is 5.15 Å². The summed E-state index contributed by atoms with van der Waals surface area (Å²) < 4.78 is 5.17. The van der Waals surface area contributed by atoms with Gasteiger partial charge in [-0.15, -0.1) is 0 Å². The van der Waals surface area contributed by atoms with Crippen LogP contribution >= 0.6 is 11.6 Å². The van der Waals surface area contributed by atoms with Crippen molar-refractivity contribution in [3.8, 4) is 5.75 Å². The average Bonchev–Trinajstić information content (AvgIpc) is 2.48. The molecule has 0 spiro atoms. The van der Waals surface area contributed by atoms with Gasteiger partial charge in [0.05, 0.1) is 12.7 Å². The van der Waals surface area contributed by atoms with Crippen molar-refractivity contribution in [1.29, 1.82) is 0 Å². The van der Waals surface area contributed by atoms with Crippen molar-refractivity contribution in [1.82, 2.24) is 9.97 Å². The standard InChI is InChI=1S/C14H14ClN3O2/c1-20-11-4-2-3-10(7-11)5-6-16-14-12(8-19)13(15)17-9-18-14/h2-4,7-9H,5-6H2,1H3,(H,16,17,18). The van der Waals surface area contributed by atoms with Gasteiger partial charge < -0.3 is 10.1 Å². The molecule has 6 heteroatoms. The molecule has 0 radical (unpaired) electrons. The van der Waals surface area contributed by atoms with Gasteiger partial charge in [-0.3, -0.25) is 4.79 Å². The molecule has 0 unspecified atom stereocenters. The fourth-order valence-corrected chi connectivity index (χ4v) is 1.95. The van der Waals surface area contributed by atoms with E-state index >= 15 is 0 Å². The smallest absolute Gasteiger partial charge is 0.156 e. The summed E-state index contributed by atoms with van der Waals surface area (Å²) in [6.07, 6.45) is 2.75. The number of hydrogen-bond donors (Lipinski definition) is 1. The van der Waals surface area contributed by atoms with Gasteiger partial charge in [0.15, 0.2) is 6.29 Å². The summed E-state index contributed by atoms with van der Waals surface area (Å²) in [5, 5.41) is 3.24. The Morgan fingerprint density at radius 1 is 1.40 bits per heavy atom. The molecule has 104 valence electrons. The normalized spacial score (nSPS) is 10.1. The van der Waals surface area contributed by atoms with E-state index in [0.717, 1.165) is 17.7 Å². The molecule has 0 fully saturated rings. The fraction of sp³-hybridized carbons (Fsp3) is 0.214. The Hall–Kier alpha value is -2.14. The first-order valence-electron chi connectivity index (χ1n) is 6.07.